The van der Waals surface area contributed by atoms with E-state index in [-0.39, 0.29) is 0 Å². The molecule has 7 aromatic rings. The van der Waals surface area contributed by atoms with Crippen molar-refractivity contribution >= 4 is 17.1 Å². The fraction of sp³-hybridized carbons (Fsp3) is 0.0455. The van der Waals surface area contributed by atoms with E-state index >= 15 is 0 Å². The van der Waals surface area contributed by atoms with Crippen molar-refractivity contribution in [3.8, 4) is 28.0 Å². The molecule has 46 heavy (non-hydrogen) atoms. The first kappa shape index (κ1) is 27.7. The second-order valence-corrected chi connectivity index (χ2v) is 11.7. The quantitative estimate of drug-likeness (QED) is 0.183. The third-order valence-corrected chi connectivity index (χ3v) is 9.26. The van der Waals surface area contributed by atoms with Crippen molar-refractivity contribution in [3.63, 3.8) is 0 Å². The van der Waals surface area contributed by atoms with Crippen LogP contribution in [-0.4, -0.2) is 7.11 Å². The van der Waals surface area contributed by atoms with Gasteiger partial charge < -0.3 is 9.64 Å². The highest BCUT2D eigenvalue weighted by molar-refractivity contribution is 5.89. The molecule has 2 heteroatoms. The molecule has 0 amide bonds. The molecule has 0 radical (unpaired) electrons. The van der Waals surface area contributed by atoms with Crippen molar-refractivity contribution < 1.29 is 4.74 Å². The summed E-state index contributed by atoms with van der Waals surface area (Å²) in [5.74, 6) is 0.849. The molecule has 1 aliphatic carbocycles. The largest absolute Gasteiger partial charge is 0.497 e. The molecule has 0 heterocycles. The predicted molar refractivity (Wildman–Crippen MR) is 190 cm³/mol. The molecule has 0 spiro atoms. The summed E-state index contributed by atoms with van der Waals surface area (Å²) >= 11 is 0. The number of anilines is 3. The SMILES string of the molecule is COc1ccc(C2(c3ccccc3)c3ccccc3-c3ccc(N(c4ccccc4)c4ccc(-c5ccccc5)cc4)cc32)cc1. The van der Waals surface area contributed by atoms with Gasteiger partial charge in [-0.25, -0.2) is 0 Å². The van der Waals surface area contributed by atoms with Crippen LogP contribution >= 0.6 is 0 Å². The third-order valence-electron chi connectivity index (χ3n) is 9.26. The molecule has 0 bridgehead atoms. The molecule has 0 saturated heterocycles. The number of nitrogens with zero attached hydrogens (tertiary/aromatic N) is 1. The van der Waals surface area contributed by atoms with Crippen molar-refractivity contribution in [1.29, 1.82) is 0 Å². The summed E-state index contributed by atoms with van der Waals surface area (Å²) in [6.07, 6.45) is 0. The van der Waals surface area contributed by atoms with Gasteiger partial charge >= 0.3 is 0 Å². The van der Waals surface area contributed by atoms with Crippen molar-refractivity contribution in [2.45, 2.75) is 5.41 Å². The molecule has 0 saturated carbocycles. The van der Waals surface area contributed by atoms with Crippen LogP contribution in [0.5, 0.6) is 5.75 Å². The van der Waals surface area contributed by atoms with E-state index in [1.807, 2.05) is 0 Å². The minimum atomic E-state index is -0.505. The molecule has 8 rings (SSSR count). The smallest absolute Gasteiger partial charge is 0.118 e. The fourth-order valence-corrected chi connectivity index (χ4v) is 7.18. The number of methoxy groups -OCH3 is 1. The normalized spacial score (nSPS) is 14.7. The third kappa shape index (κ3) is 4.50. The maximum Gasteiger partial charge on any atom is 0.118 e. The molecular formula is C44H33NO. The van der Waals surface area contributed by atoms with Gasteiger partial charge in [0.1, 0.15) is 5.75 Å². The molecular weight excluding hydrogens is 558 g/mol. The van der Waals surface area contributed by atoms with E-state index in [4.69, 9.17) is 4.74 Å². The first-order valence-corrected chi connectivity index (χ1v) is 15.7. The standard InChI is InChI=1S/C44H33NO/c1-46-39-28-23-35(24-29-39)44(34-15-7-3-8-16-34)42-20-12-11-19-40(42)41-30-27-38(31-43(41)44)45(36-17-9-4-10-18-36)37-25-21-33(22-26-37)32-13-5-2-6-14-32/h2-31H,1H3. The van der Waals surface area contributed by atoms with Gasteiger partial charge in [0.2, 0.25) is 0 Å². The number of ether oxygens (including phenoxy) is 1. The number of hydrogen-bond donors (Lipinski definition) is 0. The number of hydrogen-bond acceptors (Lipinski definition) is 2. The Bertz CT molecular complexity index is 2100. The molecule has 1 unspecified atom stereocenters. The second kappa shape index (κ2) is 11.6. The van der Waals surface area contributed by atoms with Crippen LogP contribution in [0, 0.1) is 0 Å². The van der Waals surface area contributed by atoms with E-state index in [2.05, 4.69) is 187 Å². The van der Waals surface area contributed by atoms with Gasteiger partial charge in [-0.2, -0.15) is 0 Å². The van der Waals surface area contributed by atoms with Crippen molar-refractivity contribution in [2.24, 2.45) is 0 Å². The van der Waals surface area contributed by atoms with Crippen molar-refractivity contribution in [2.75, 3.05) is 12.0 Å². The molecule has 0 aliphatic heterocycles. The average Bonchev–Trinajstić information content (AvgIpc) is 3.44. The van der Waals surface area contributed by atoms with Crippen LogP contribution in [0.3, 0.4) is 0 Å². The number of fused-ring (bicyclic) bond motifs is 3. The van der Waals surface area contributed by atoms with Gasteiger partial charge in [-0.1, -0.05) is 133 Å². The summed E-state index contributed by atoms with van der Waals surface area (Å²) in [7, 11) is 1.72. The van der Waals surface area contributed by atoms with Crippen LogP contribution in [0.4, 0.5) is 17.1 Å². The van der Waals surface area contributed by atoms with E-state index in [1.54, 1.807) is 7.11 Å². The highest BCUT2D eigenvalue weighted by Crippen LogP contribution is 2.57. The van der Waals surface area contributed by atoms with E-state index in [0.717, 1.165) is 22.8 Å². The van der Waals surface area contributed by atoms with Crippen molar-refractivity contribution in [1.82, 2.24) is 0 Å². The van der Waals surface area contributed by atoms with E-state index in [1.165, 1.54) is 44.5 Å². The zero-order chi connectivity index (χ0) is 30.9. The Hall–Kier alpha value is -5.86. The Labute approximate surface area is 270 Å². The molecule has 1 aliphatic rings. The van der Waals surface area contributed by atoms with Gasteiger partial charge in [0, 0.05) is 17.1 Å². The van der Waals surface area contributed by atoms with E-state index in [9.17, 15) is 0 Å². The number of rotatable bonds is 7. The Morgan fingerprint density at radius 2 is 0.935 bits per heavy atom. The van der Waals surface area contributed by atoms with Gasteiger partial charge in [0.25, 0.3) is 0 Å². The minimum Gasteiger partial charge on any atom is -0.497 e. The summed E-state index contributed by atoms with van der Waals surface area (Å²) in [6.45, 7) is 0. The Morgan fingerprint density at radius 3 is 1.63 bits per heavy atom. The monoisotopic (exact) mass is 591 g/mol. The first-order valence-electron chi connectivity index (χ1n) is 15.7. The molecule has 0 aromatic heterocycles. The fourth-order valence-electron chi connectivity index (χ4n) is 7.18. The highest BCUT2D eigenvalue weighted by Gasteiger charge is 2.46. The van der Waals surface area contributed by atoms with Crippen molar-refractivity contribution in [3.05, 3.63) is 204 Å². The van der Waals surface area contributed by atoms with Gasteiger partial charge in [-0.15, -0.1) is 0 Å². The first-order chi connectivity index (χ1) is 22.8. The Morgan fingerprint density at radius 1 is 0.413 bits per heavy atom. The van der Waals surface area contributed by atoms with Crippen LogP contribution in [0.2, 0.25) is 0 Å². The van der Waals surface area contributed by atoms with Crippen LogP contribution in [0.25, 0.3) is 22.3 Å². The zero-order valence-electron chi connectivity index (χ0n) is 25.7. The van der Waals surface area contributed by atoms with E-state index < -0.39 is 5.41 Å². The minimum absolute atomic E-state index is 0.505. The lowest BCUT2D eigenvalue weighted by molar-refractivity contribution is 0.414. The molecule has 2 nitrogen and oxygen atoms in total. The summed E-state index contributed by atoms with van der Waals surface area (Å²) < 4.78 is 5.59. The van der Waals surface area contributed by atoms with Gasteiger partial charge in [-0.3, -0.25) is 0 Å². The Kier molecular flexibility index (Phi) is 6.96. The van der Waals surface area contributed by atoms with Crippen LogP contribution < -0.4 is 9.64 Å². The maximum atomic E-state index is 5.59. The summed E-state index contributed by atoms with van der Waals surface area (Å²) in [5, 5.41) is 0. The van der Waals surface area contributed by atoms with Crippen LogP contribution in [-0.2, 0) is 5.41 Å². The molecule has 7 aromatic carbocycles. The van der Waals surface area contributed by atoms with Gasteiger partial charge in [-0.05, 0) is 93.0 Å². The molecule has 0 N–H and O–H groups in total. The predicted octanol–water partition coefficient (Wildman–Crippen LogP) is 11.2. The number of benzene rings is 7. The number of para-hydroxylation sites is 1. The zero-order valence-corrected chi connectivity index (χ0v) is 25.7. The maximum absolute atomic E-state index is 5.59. The van der Waals surface area contributed by atoms with E-state index in [0.29, 0.717) is 0 Å². The van der Waals surface area contributed by atoms with Crippen LogP contribution in [0.1, 0.15) is 22.3 Å². The summed E-state index contributed by atoms with van der Waals surface area (Å²) in [5.41, 5.74) is 12.8. The molecule has 220 valence electrons. The lowest BCUT2D eigenvalue weighted by Crippen LogP contribution is -2.28. The summed E-state index contributed by atoms with van der Waals surface area (Å²) in [6, 6.07) is 65.5. The van der Waals surface area contributed by atoms with Gasteiger partial charge in [0.15, 0.2) is 0 Å². The highest BCUT2D eigenvalue weighted by atomic mass is 16.5. The molecule has 0 fully saturated rings. The van der Waals surface area contributed by atoms with Gasteiger partial charge in [0.05, 0.1) is 12.5 Å². The average molecular weight is 592 g/mol. The summed E-state index contributed by atoms with van der Waals surface area (Å²) in [4.78, 5) is 2.36. The molecule has 1 atom stereocenters. The van der Waals surface area contributed by atoms with Crippen LogP contribution in [0.15, 0.2) is 182 Å². The lowest BCUT2D eigenvalue weighted by Gasteiger charge is -2.35. The topological polar surface area (TPSA) is 12.5 Å². The lowest BCUT2D eigenvalue weighted by atomic mass is 9.67. The second-order valence-electron chi connectivity index (χ2n) is 11.7. The Balaban J connectivity index is 1.36.